The van der Waals surface area contributed by atoms with Gasteiger partial charge in [-0.1, -0.05) is 12.1 Å². The number of benzene rings is 1. The zero-order chi connectivity index (χ0) is 14.7. The van der Waals surface area contributed by atoms with Crippen LogP contribution in [0.15, 0.2) is 35.7 Å². The second kappa shape index (κ2) is 5.88. The van der Waals surface area contributed by atoms with E-state index in [1.165, 1.54) is 6.08 Å². The van der Waals surface area contributed by atoms with Crippen LogP contribution < -0.4 is 5.32 Å². The van der Waals surface area contributed by atoms with Crippen molar-refractivity contribution in [3.8, 4) is 0 Å². The van der Waals surface area contributed by atoms with E-state index < -0.39 is 0 Å². The maximum atomic E-state index is 11.7. The molecule has 2 aromatic heterocycles. The number of hydrogen-bond acceptors (Lipinski definition) is 4. The Bertz CT molecular complexity index is 770. The number of para-hydroxylation sites is 2. The number of carbonyl (C=O) groups is 1. The first-order chi connectivity index (χ1) is 10.2. The highest BCUT2D eigenvalue weighted by Crippen LogP contribution is 2.10. The van der Waals surface area contributed by atoms with Crippen molar-refractivity contribution in [2.45, 2.75) is 13.5 Å². The maximum Gasteiger partial charge on any atom is 0.244 e. The zero-order valence-electron chi connectivity index (χ0n) is 11.5. The Hall–Kier alpha value is -2.47. The van der Waals surface area contributed by atoms with Gasteiger partial charge >= 0.3 is 0 Å². The number of nitrogens with zero attached hydrogens (tertiary/aromatic N) is 2. The summed E-state index contributed by atoms with van der Waals surface area (Å²) in [5, 5.41) is 5.69. The van der Waals surface area contributed by atoms with Crippen molar-refractivity contribution < 1.29 is 4.79 Å². The minimum Gasteiger partial charge on any atom is -0.345 e. The molecule has 0 aliphatic carbocycles. The number of imidazole rings is 1. The third kappa shape index (κ3) is 3.35. The van der Waals surface area contributed by atoms with Crippen LogP contribution in [-0.2, 0) is 11.3 Å². The molecule has 2 N–H and O–H groups in total. The molecule has 0 bridgehead atoms. The third-order valence-electron chi connectivity index (χ3n) is 2.91. The van der Waals surface area contributed by atoms with Gasteiger partial charge in [0.1, 0.15) is 5.82 Å². The molecule has 0 radical (unpaired) electrons. The van der Waals surface area contributed by atoms with Gasteiger partial charge in [-0.15, -0.1) is 11.3 Å². The average molecular weight is 298 g/mol. The highest BCUT2D eigenvalue weighted by molar-refractivity contribution is 7.09. The molecule has 1 amide bonds. The summed E-state index contributed by atoms with van der Waals surface area (Å²) in [4.78, 5) is 23.6. The number of carbonyl (C=O) groups excluding carboxylic acids is 1. The Labute approximate surface area is 125 Å². The molecular formula is C15H14N4OS. The Balaban J connectivity index is 1.59. The Kier molecular flexibility index (Phi) is 3.79. The number of rotatable bonds is 4. The first-order valence-electron chi connectivity index (χ1n) is 6.52. The molecule has 1 aromatic carbocycles. The van der Waals surface area contributed by atoms with Crippen LogP contribution in [0.1, 0.15) is 16.5 Å². The van der Waals surface area contributed by atoms with E-state index in [4.69, 9.17) is 0 Å². The summed E-state index contributed by atoms with van der Waals surface area (Å²) < 4.78 is 0. The van der Waals surface area contributed by atoms with Gasteiger partial charge in [-0.25, -0.2) is 9.97 Å². The average Bonchev–Trinajstić information content (AvgIpc) is 3.08. The van der Waals surface area contributed by atoms with Gasteiger partial charge < -0.3 is 10.3 Å². The van der Waals surface area contributed by atoms with Crippen molar-refractivity contribution in [1.82, 2.24) is 20.3 Å². The topological polar surface area (TPSA) is 70.7 Å². The van der Waals surface area contributed by atoms with Crippen LogP contribution in [0.2, 0.25) is 0 Å². The Morgan fingerprint density at radius 1 is 1.38 bits per heavy atom. The molecule has 3 rings (SSSR count). The molecule has 0 saturated carbocycles. The van der Waals surface area contributed by atoms with Crippen LogP contribution in [0, 0.1) is 6.92 Å². The van der Waals surface area contributed by atoms with Gasteiger partial charge in [-0.3, -0.25) is 4.79 Å². The van der Waals surface area contributed by atoms with E-state index in [-0.39, 0.29) is 5.91 Å². The zero-order valence-corrected chi connectivity index (χ0v) is 12.3. The highest BCUT2D eigenvalue weighted by atomic mass is 32.1. The van der Waals surface area contributed by atoms with Crippen LogP contribution >= 0.6 is 11.3 Å². The number of aromatic amines is 1. The van der Waals surface area contributed by atoms with Crippen molar-refractivity contribution in [2.75, 3.05) is 0 Å². The van der Waals surface area contributed by atoms with E-state index in [0.717, 1.165) is 27.6 Å². The first kappa shape index (κ1) is 13.5. The second-order valence-electron chi connectivity index (χ2n) is 4.54. The fourth-order valence-corrected chi connectivity index (χ4v) is 2.52. The number of aryl methyl sites for hydroxylation is 1. The molecule has 0 spiro atoms. The van der Waals surface area contributed by atoms with Gasteiger partial charge in [0.05, 0.1) is 28.3 Å². The number of hydrogen-bond donors (Lipinski definition) is 2. The molecule has 0 aliphatic heterocycles. The predicted octanol–water partition coefficient (Wildman–Crippen LogP) is 2.66. The third-order valence-corrected chi connectivity index (χ3v) is 3.70. The summed E-state index contributed by atoms with van der Waals surface area (Å²) in [6.45, 7) is 2.30. The summed E-state index contributed by atoms with van der Waals surface area (Å²) in [5.74, 6) is 0.573. The summed E-state index contributed by atoms with van der Waals surface area (Å²) >= 11 is 1.56. The quantitative estimate of drug-likeness (QED) is 0.727. The van der Waals surface area contributed by atoms with Gasteiger partial charge in [-0.2, -0.15) is 0 Å². The number of fused-ring (bicyclic) bond motifs is 1. The molecular weight excluding hydrogens is 284 g/mol. The van der Waals surface area contributed by atoms with E-state index in [1.807, 2.05) is 36.6 Å². The molecule has 6 heteroatoms. The maximum absolute atomic E-state index is 11.7. The van der Waals surface area contributed by atoms with Crippen molar-refractivity contribution in [2.24, 2.45) is 0 Å². The van der Waals surface area contributed by atoms with Crippen molar-refractivity contribution >= 4 is 34.4 Å². The van der Waals surface area contributed by atoms with Gasteiger partial charge in [0.25, 0.3) is 0 Å². The van der Waals surface area contributed by atoms with Crippen LogP contribution in [0.25, 0.3) is 17.1 Å². The lowest BCUT2D eigenvalue weighted by Gasteiger charge is -1.97. The van der Waals surface area contributed by atoms with Crippen LogP contribution in [0.4, 0.5) is 0 Å². The SMILES string of the molecule is Cc1nc(/C=C/C(=O)NCc2nc3ccccc3[nH]2)cs1. The molecule has 5 nitrogen and oxygen atoms in total. The molecule has 0 unspecified atom stereocenters. The fraction of sp³-hybridized carbons (Fsp3) is 0.133. The van der Waals surface area contributed by atoms with Gasteiger partial charge in [0, 0.05) is 11.5 Å². The van der Waals surface area contributed by atoms with E-state index in [1.54, 1.807) is 17.4 Å². The highest BCUT2D eigenvalue weighted by Gasteiger charge is 2.03. The molecule has 0 fully saturated rings. The predicted molar refractivity (Wildman–Crippen MR) is 83.8 cm³/mol. The van der Waals surface area contributed by atoms with Gasteiger partial charge in [0.2, 0.25) is 5.91 Å². The molecule has 0 saturated heterocycles. The van der Waals surface area contributed by atoms with Gasteiger partial charge in [-0.05, 0) is 25.1 Å². The molecule has 2 heterocycles. The van der Waals surface area contributed by atoms with Crippen molar-refractivity contribution in [3.05, 3.63) is 52.2 Å². The lowest BCUT2D eigenvalue weighted by atomic mass is 10.3. The normalized spacial score (nSPS) is 11.3. The van der Waals surface area contributed by atoms with Crippen molar-refractivity contribution in [3.63, 3.8) is 0 Å². The first-order valence-corrected chi connectivity index (χ1v) is 7.40. The molecule has 0 aliphatic rings. The van der Waals surface area contributed by atoms with Crippen LogP contribution in [-0.4, -0.2) is 20.9 Å². The lowest BCUT2D eigenvalue weighted by Crippen LogP contribution is -2.20. The summed E-state index contributed by atoms with van der Waals surface area (Å²) in [5.41, 5.74) is 2.67. The van der Waals surface area contributed by atoms with E-state index in [0.29, 0.717) is 6.54 Å². The Morgan fingerprint density at radius 3 is 3.00 bits per heavy atom. The minimum absolute atomic E-state index is 0.166. The monoisotopic (exact) mass is 298 g/mol. The summed E-state index contributed by atoms with van der Waals surface area (Å²) in [6.07, 6.45) is 3.19. The standard InChI is InChI=1S/C15H14N4OS/c1-10-17-11(9-21-10)6-7-15(20)16-8-14-18-12-4-2-3-5-13(12)19-14/h2-7,9H,8H2,1H3,(H,16,20)(H,18,19)/b7-6+. The number of thiazole rings is 1. The molecule has 21 heavy (non-hydrogen) atoms. The molecule has 0 atom stereocenters. The smallest absolute Gasteiger partial charge is 0.244 e. The number of H-pyrrole nitrogens is 1. The molecule has 3 aromatic rings. The van der Waals surface area contributed by atoms with E-state index >= 15 is 0 Å². The van der Waals surface area contributed by atoms with Crippen molar-refractivity contribution in [1.29, 1.82) is 0 Å². The molecule has 106 valence electrons. The Morgan fingerprint density at radius 2 is 2.24 bits per heavy atom. The second-order valence-corrected chi connectivity index (χ2v) is 5.61. The number of amides is 1. The number of aromatic nitrogens is 3. The summed E-state index contributed by atoms with van der Waals surface area (Å²) in [7, 11) is 0. The van der Waals surface area contributed by atoms with Crippen LogP contribution in [0.5, 0.6) is 0 Å². The van der Waals surface area contributed by atoms with Gasteiger partial charge in [0.15, 0.2) is 0 Å². The number of nitrogens with one attached hydrogen (secondary N) is 2. The largest absolute Gasteiger partial charge is 0.345 e. The lowest BCUT2D eigenvalue weighted by molar-refractivity contribution is -0.116. The van der Waals surface area contributed by atoms with Crippen LogP contribution in [0.3, 0.4) is 0 Å². The fourth-order valence-electron chi connectivity index (χ4n) is 1.94. The minimum atomic E-state index is -0.166. The van der Waals surface area contributed by atoms with E-state index in [2.05, 4.69) is 20.3 Å². The van der Waals surface area contributed by atoms with E-state index in [9.17, 15) is 4.79 Å². The summed E-state index contributed by atoms with van der Waals surface area (Å²) in [6, 6.07) is 7.77.